The topological polar surface area (TPSA) is 20.7 Å². The number of fused-ring (bicyclic) bond motifs is 1. The molecule has 0 bridgehead atoms. The number of halogens is 4. The van der Waals surface area contributed by atoms with E-state index in [-0.39, 0.29) is 10.8 Å². The molecule has 0 amide bonds. The second-order valence-corrected chi connectivity index (χ2v) is 6.10. The molecule has 1 aromatic heterocycles. The lowest BCUT2D eigenvalue weighted by atomic mass is 10.2. The van der Waals surface area contributed by atoms with Gasteiger partial charge in [0.25, 0.3) is 0 Å². The van der Waals surface area contributed by atoms with Crippen LogP contribution >= 0.6 is 46.4 Å². The maximum atomic E-state index is 13.7. The molecular weight excluding hydrogens is 417 g/mol. The molecule has 2 nitrogen and oxygen atoms in total. The highest BCUT2D eigenvalue weighted by atomic mass is 127. The average molecular weight is 423 g/mol. The number of nitrogens with zero attached hydrogens (tertiary/aromatic N) is 1. The van der Waals surface area contributed by atoms with Crippen molar-refractivity contribution in [2.75, 3.05) is 0 Å². The minimum absolute atomic E-state index is 0.0229. The van der Waals surface area contributed by atoms with Crippen molar-refractivity contribution < 1.29 is 8.78 Å². The van der Waals surface area contributed by atoms with Gasteiger partial charge < -0.3 is 4.98 Å². The Bertz CT molecular complexity index is 888. The number of nitrogens with one attached hydrogen (secondary N) is 1. The monoisotopic (exact) mass is 422 g/mol. The van der Waals surface area contributed by atoms with Crippen LogP contribution in [-0.2, 0) is 0 Å². The predicted molar refractivity (Wildman–Crippen MR) is 86.1 cm³/mol. The third-order valence-electron chi connectivity index (χ3n) is 2.87. The van der Waals surface area contributed by atoms with Gasteiger partial charge in [0.15, 0.2) is 4.77 Å². The van der Waals surface area contributed by atoms with E-state index in [1.54, 1.807) is 10.6 Å². The SMILES string of the molecule is Fc1ccc(-n2c(=S)[nH]c3cc(Cl)c(F)cc32)c(I)c1. The number of hydrogen-bond donors (Lipinski definition) is 1. The fourth-order valence-corrected chi connectivity index (χ4v) is 3.19. The molecular formula is C13H6ClF2IN2S. The van der Waals surface area contributed by atoms with Gasteiger partial charge in [0, 0.05) is 9.64 Å². The van der Waals surface area contributed by atoms with E-state index in [1.807, 2.05) is 22.6 Å². The lowest BCUT2D eigenvalue weighted by molar-refractivity contribution is 0.626. The third kappa shape index (κ3) is 2.25. The second-order valence-electron chi connectivity index (χ2n) is 4.14. The number of hydrogen-bond acceptors (Lipinski definition) is 1. The molecule has 0 unspecified atom stereocenters. The number of imidazole rings is 1. The molecule has 0 atom stereocenters. The summed E-state index contributed by atoms with van der Waals surface area (Å²) in [6.07, 6.45) is 0. The van der Waals surface area contributed by atoms with Crippen LogP contribution in [0.25, 0.3) is 16.7 Å². The van der Waals surface area contributed by atoms with Gasteiger partial charge in [-0.05, 0) is 59.1 Å². The summed E-state index contributed by atoms with van der Waals surface area (Å²) >= 11 is 13.0. The predicted octanol–water partition coefficient (Wildman–Crippen LogP) is 5.22. The number of aromatic nitrogens is 2. The summed E-state index contributed by atoms with van der Waals surface area (Å²) < 4.78 is 29.6. The standard InChI is InChI=1S/C13H6ClF2IN2S/c14-7-4-10-12(5-8(7)16)19(13(20)18-10)11-2-1-6(15)3-9(11)17/h1-5H,(H,18,20). The van der Waals surface area contributed by atoms with Crippen LogP contribution in [0, 0.1) is 20.0 Å². The van der Waals surface area contributed by atoms with Gasteiger partial charge >= 0.3 is 0 Å². The molecule has 0 saturated heterocycles. The van der Waals surface area contributed by atoms with E-state index in [0.717, 1.165) is 0 Å². The lowest BCUT2D eigenvalue weighted by Gasteiger charge is -2.07. The summed E-state index contributed by atoms with van der Waals surface area (Å²) in [7, 11) is 0. The zero-order valence-electron chi connectivity index (χ0n) is 9.75. The molecule has 0 saturated carbocycles. The molecule has 0 aliphatic heterocycles. The number of aromatic amines is 1. The quantitative estimate of drug-likeness (QED) is 0.421. The molecule has 1 heterocycles. The first-order chi connectivity index (χ1) is 9.47. The van der Waals surface area contributed by atoms with E-state index in [9.17, 15) is 8.78 Å². The lowest BCUT2D eigenvalue weighted by Crippen LogP contribution is -1.98. The van der Waals surface area contributed by atoms with E-state index in [0.29, 0.717) is 25.1 Å². The van der Waals surface area contributed by atoms with Crippen LogP contribution in [0.3, 0.4) is 0 Å². The van der Waals surface area contributed by atoms with E-state index >= 15 is 0 Å². The Hall–Kier alpha value is -0.990. The van der Waals surface area contributed by atoms with Crippen LogP contribution in [0.1, 0.15) is 0 Å². The van der Waals surface area contributed by atoms with Crippen LogP contribution in [0.4, 0.5) is 8.78 Å². The second kappa shape index (κ2) is 5.09. The van der Waals surface area contributed by atoms with Gasteiger partial charge in [-0.3, -0.25) is 4.57 Å². The van der Waals surface area contributed by atoms with Crippen LogP contribution in [0.2, 0.25) is 5.02 Å². The van der Waals surface area contributed by atoms with Crippen molar-refractivity contribution in [2.24, 2.45) is 0 Å². The fourth-order valence-electron chi connectivity index (χ4n) is 2.00. The van der Waals surface area contributed by atoms with Crippen LogP contribution in [0.15, 0.2) is 30.3 Å². The first kappa shape index (κ1) is 14.0. The smallest absolute Gasteiger partial charge is 0.182 e. The third-order valence-corrected chi connectivity index (χ3v) is 4.31. The molecule has 2 aromatic carbocycles. The van der Waals surface area contributed by atoms with Crippen molar-refractivity contribution >= 4 is 57.4 Å². The summed E-state index contributed by atoms with van der Waals surface area (Å²) in [4.78, 5) is 2.97. The molecule has 0 aliphatic rings. The molecule has 7 heteroatoms. The Balaban J connectivity index is 2.39. The molecule has 3 aromatic rings. The van der Waals surface area contributed by atoms with E-state index in [2.05, 4.69) is 4.98 Å². The van der Waals surface area contributed by atoms with Gasteiger partial charge in [-0.1, -0.05) is 11.6 Å². The van der Waals surface area contributed by atoms with Crippen molar-refractivity contribution in [1.29, 1.82) is 0 Å². The molecule has 1 N–H and O–H groups in total. The number of H-pyrrole nitrogens is 1. The van der Waals surface area contributed by atoms with Crippen molar-refractivity contribution in [3.63, 3.8) is 0 Å². The highest BCUT2D eigenvalue weighted by Crippen LogP contribution is 2.27. The summed E-state index contributed by atoms with van der Waals surface area (Å²) in [6, 6.07) is 7.12. The fraction of sp³-hybridized carbons (Fsp3) is 0. The molecule has 3 rings (SSSR count). The van der Waals surface area contributed by atoms with E-state index in [1.165, 1.54) is 24.3 Å². The molecule has 0 spiro atoms. The minimum Gasteiger partial charge on any atom is -0.330 e. The first-order valence-corrected chi connectivity index (χ1v) is 7.39. The van der Waals surface area contributed by atoms with Crippen molar-refractivity contribution in [3.05, 3.63) is 55.3 Å². The first-order valence-electron chi connectivity index (χ1n) is 5.52. The molecule has 102 valence electrons. The molecule has 0 radical (unpaired) electrons. The maximum Gasteiger partial charge on any atom is 0.182 e. The van der Waals surface area contributed by atoms with Gasteiger partial charge in [-0.15, -0.1) is 0 Å². The van der Waals surface area contributed by atoms with Crippen LogP contribution < -0.4 is 0 Å². The highest BCUT2D eigenvalue weighted by Gasteiger charge is 2.12. The normalized spacial score (nSPS) is 11.2. The number of rotatable bonds is 1. The molecule has 0 aliphatic carbocycles. The van der Waals surface area contributed by atoms with Gasteiger partial charge in [0.2, 0.25) is 0 Å². The van der Waals surface area contributed by atoms with Crippen LogP contribution in [0.5, 0.6) is 0 Å². The van der Waals surface area contributed by atoms with Crippen molar-refractivity contribution in [2.45, 2.75) is 0 Å². The summed E-state index contributed by atoms with van der Waals surface area (Å²) in [5.41, 5.74) is 1.87. The maximum absolute atomic E-state index is 13.7. The van der Waals surface area contributed by atoms with Crippen molar-refractivity contribution in [3.8, 4) is 5.69 Å². The summed E-state index contributed by atoms with van der Waals surface area (Å²) in [6.45, 7) is 0. The Morgan fingerprint density at radius 2 is 1.95 bits per heavy atom. The minimum atomic E-state index is -0.529. The van der Waals surface area contributed by atoms with Crippen molar-refractivity contribution in [1.82, 2.24) is 9.55 Å². The number of benzene rings is 2. The largest absolute Gasteiger partial charge is 0.330 e. The zero-order valence-corrected chi connectivity index (χ0v) is 13.5. The van der Waals surface area contributed by atoms with Gasteiger partial charge in [0.1, 0.15) is 11.6 Å². The van der Waals surface area contributed by atoms with Crippen LogP contribution in [-0.4, -0.2) is 9.55 Å². The van der Waals surface area contributed by atoms with E-state index in [4.69, 9.17) is 23.8 Å². The Labute approximate surface area is 136 Å². The molecule has 20 heavy (non-hydrogen) atoms. The van der Waals surface area contributed by atoms with Gasteiger partial charge in [-0.2, -0.15) is 0 Å². The summed E-state index contributed by atoms with van der Waals surface area (Å²) in [5, 5.41) is 0.0229. The highest BCUT2D eigenvalue weighted by molar-refractivity contribution is 14.1. The Morgan fingerprint density at radius 3 is 2.65 bits per heavy atom. The molecule has 0 fully saturated rings. The summed E-state index contributed by atoms with van der Waals surface area (Å²) in [5.74, 6) is -0.863. The average Bonchev–Trinajstić information content (AvgIpc) is 2.66. The Morgan fingerprint density at radius 1 is 1.20 bits per heavy atom. The zero-order chi connectivity index (χ0) is 14.4. The van der Waals surface area contributed by atoms with Gasteiger partial charge in [-0.25, -0.2) is 8.78 Å². The van der Waals surface area contributed by atoms with Gasteiger partial charge in [0.05, 0.1) is 21.7 Å². The Kier molecular flexibility index (Phi) is 3.55. The van der Waals surface area contributed by atoms with E-state index < -0.39 is 5.82 Å².